The molecule has 3 N–H and O–H groups in total. The van der Waals surface area contributed by atoms with Gasteiger partial charge in [0.05, 0.1) is 5.66 Å². The van der Waals surface area contributed by atoms with Crippen LogP contribution in [-0.2, 0) is 0 Å². The van der Waals surface area contributed by atoms with Crippen molar-refractivity contribution in [1.29, 1.82) is 0 Å². The first-order valence-corrected chi connectivity index (χ1v) is 3.80. The number of nitrogens with two attached hydrogens (primary N) is 1. The van der Waals surface area contributed by atoms with E-state index < -0.39 is 5.66 Å². The molecule has 1 aromatic carbocycles. The van der Waals surface area contributed by atoms with Crippen molar-refractivity contribution in [3.8, 4) is 0 Å². The molecular weight excluding hydrogens is 155 g/mol. The predicted octanol–water partition coefficient (Wildman–Crippen LogP) is 1.93. The topological polar surface area (TPSA) is 38.0 Å². The predicted molar refractivity (Wildman–Crippen MR) is 48.3 cm³/mol. The van der Waals surface area contributed by atoms with Gasteiger partial charge in [-0.15, -0.1) is 0 Å². The summed E-state index contributed by atoms with van der Waals surface area (Å²) in [6.45, 7) is 3.63. The molecule has 0 aliphatic carbocycles. The fourth-order valence-corrected chi connectivity index (χ4v) is 0.938. The molecule has 0 saturated carbocycles. The van der Waals surface area contributed by atoms with Crippen LogP contribution in [0.5, 0.6) is 0 Å². The van der Waals surface area contributed by atoms with E-state index in [1.54, 1.807) is 12.1 Å². The number of benzene rings is 1. The zero-order valence-corrected chi connectivity index (χ0v) is 7.26. The number of hydrogen-bond donors (Lipinski definition) is 2. The second-order valence-corrected chi connectivity index (χ2v) is 3.36. The lowest BCUT2D eigenvalue weighted by atomic mass is 10.2. The van der Waals surface area contributed by atoms with Gasteiger partial charge < -0.3 is 11.1 Å². The Bertz CT molecular complexity index is 265. The van der Waals surface area contributed by atoms with Crippen LogP contribution in [0.2, 0.25) is 0 Å². The molecule has 1 aromatic rings. The third-order valence-electron chi connectivity index (χ3n) is 1.29. The van der Waals surface area contributed by atoms with Gasteiger partial charge in [0.1, 0.15) is 5.82 Å². The van der Waals surface area contributed by atoms with Gasteiger partial charge in [0.2, 0.25) is 0 Å². The van der Waals surface area contributed by atoms with Gasteiger partial charge in [-0.25, -0.2) is 4.39 Å². The Hall–Kier alpha value is -1.09. The van der Waals surface area contributed by atoms with Gasteiger partial charge >= 0.3 is 0 Å². The first kappa shape index (κ1) is 9.00. The summed E-state index contributed by atoms with van der Waals surface area (Å²) in [6.07, 6.45) is 0. The first-order chi connectivity index (χ1) is 5.47. The highest BCUT2D eigenvalue weighted by atomic mass is 19.1. The van der Waals surface area contributed by atoms with Gasteiger partial charge in [-0.2, -0.15) is 0 Å². The highest BCUT2D eigenvalue weighted by molar-refractivity contribution is 5.44. The molecule has 0 aliphatic heterocycles. The average molecular weight is 168 g/mol. The van der Waals surface area contributed by atoms with Crippen LogP contribution in [0.25, 0.3) is 0 Å². The largest absolute Gasteiger partial charge is 0.368 e. The Labute approximate surface area is 71.6 Å². The van der Waals surface area contributed by atoms with Gasteiger partial charge in [-0.3, -0.25) is 0 Å². The van der Waals surface area contributed by atoms with E-state index >= 15 is 0 Å². The van der Waals surface area contributed by atoms with Crippen molar-refractivity contribution in [3.05, 3.63) is 30.1 Å². The Balaban J connectivity index is 2.77. The molecule has 3 heteroatoms. The van der Waals surface area contributed by atoms with Gasteiger partial charge in [0, 0.05) is 5.69 Å². The zero-order chi connectivity index (χ0) is 9.19. The lowest BCUT2D eigenvalue weighted by Gasteiger charge is -2.21. The van der Waals surface area contributed by atoms with Crippen molar-refractivity contribution < 1.29 is 4.39 Å². The average Bonchev–Trinajstić information content (AvgIpc) is 1.82. The molecule has 0 amide bonds. The molecule has 0 atom stereocenters. The zero-order valence-electron chi connectivity index (χ0n) is 7.26. The van der Waals surface area contributed by atoms with Gasteiger partial charge in [0.15, 0.2) is 0 Å². The van der Waals surface area contributed by atoms with E-state index in [1.165, 1.54) is 12.1 Å². The SMILES string of the molecule is CC(C)(N)Nc1cccc(F)c1. The molecule has 0 bridgehead atoms. The molecule has 0 heterocycles. The van der Waals surface area contributed by atoms with Crippen LogP contribution >= 0.6 is 0 Å². The van der Waals surface area contributed by atoms with Crippen LogP contribution in [0.1, 0.15) is 13.8 Å². The monoisotopic (exact) mass is 168 g/mol. The number of halogens is 1. The molecule has 0 aromatic heterocycles. The molecule has 0 fully saturated rings. The lowest BCUT2D eigenvalue weighted by molar-refractivity contribution is 0.594. The van der Waals surface area contributed by atoms with Crippen molar-refractivity contribution in [2.45, 2.75) is 19.5 Å². The van der Waals surface area contributed by atoms with Crippen molar-refractivity contribution in [2.75, 3.05) is 5.32 Å². The molecule has 0 radical (unpaired) electrons. The number of rotatable bonds is 2. The molecule has 0 aliphatic rings. The Kier molecular flexibility index (Phi) is 2.33. The van der Waals surface area contributed by atoms with E-state index in [9.17, 15) is 4.39 Å². The summed E-state index contributed by atoms with van der Waals surface area (Å²) in [7, 11) is 0. The third kappa shape index (κ3) is 2.88. The van der Waals surface area contributed by atoms with Crippen molar-refractivity contribution in [3.63, 3.8) is 0 Å². The molecule has 1 rings (SSSR count). The van der Waals surface area contributed by atoms with Crippen LogP contribution in [-0.4, -0.2) is 5.66 Å². The fourth-order valence-electron chi connectivity index (χ4n) is 0.938. The summed E-state index contributed by atoms with van der Waals surface area (Å²) >= 11 is 0. The van der Waals surface area contributed by atoms with Crippen molar-refractivity contribution in [2.24, 2.45) is 5.73 Å². The van der Waals surface area contributed by atoms with Crippen LogP contribution < -0.4 is 11.1 Å². The second-order valence-electron chi connectivity index (χ2n) is 3.36. The minimum absolute atomic E-state index is 0.260. The van der Waals surface area contributed by atoms with Crippen molar-refractivity contribution >= 4 is 5.69 Å². The summed E-state index contributed by atoms with van der Waals surface area (Å²) in [5.41, 5.74) is 5.86. The van der Waals surface area contributed by atoms with Gasteiger partial charge in [-0.1, -0.05) is 6.07 Å². The number of anilines is 1. The maximum absolute atomic E-state index is 12.7. The molecule has 12 heavy (non-hydrogen) atoms. The quantitative estimate of drug-likeness (QED) is 0.662. The van der Waals surface area contributed by atoms with Gasteiger partial charge in [-0.05, 0) is 32.0 Å². The minimum Gasteiger partial charge on any atom is -0.368 e. The maximum atomic E-state index is 12.7. The smallest absolute Gasteiger partial charge is 0.125 e. The molecular formula is C9H13FN2. The summed E-state index contributed by atoms with van der Waals surface area (Å²) in [6, 6.07) is 6.23. The van der Waals surface area contributed by atoms with E-state index in [2.05, 4.69) is 5.32 Å². The first-order valence-electron chi connectivity index (χ1n) is 3.80. The third-order valence-corrected chi connectivity index (χ3v) is 1.29. The Morgan fingerprint density at radius 1 is 1.42 bits per heavy atom. The Morgan fingerprint density at radius 3 is 2.58 bits per heavy atom. The molecule has 66 valence electrons. The van der Waals surface area contributed by atoms with E-state index in [4.69, 9.17) is 5.73 Å². The van der Waals surface area contributed by atoms with Crippen molar-refractivity contribution in [1.82, 2.24) is 0 Å². The maximum Gasteiger partial charge on any atom is 0.125 e. The van der Waals surface area contributed by atoms with Crippen LogP contribution in [0.4, 0.5) is 10.1 Å². The summed E-state index contributed by atoms with van der Waals surface area (Å²) < 4.78 is 12.7. The Morgan fingerprint density at radius 2 is 2.08 bits per heavy atom. The summed E-state index contributed by atoms with van der Waals surface area (Å²) in [5, 5.41) is 2.96. The second kappa shape index (κ2) is 3.11. The summed E-state index contributed by atoms with van der Waals surface area (Å²) in [4.78, 5) is 0. The van der Waals surface area contributed by atoms with E-state index in [1.807, 2.05) is 13.8 Å². The number of nitrogens with one attached hydrogen (secondary N) is 1. The number of hydrogen-bond acceptors (Lipinski definition) is 2. The standard InChI is InChI=1S/C9H13FN2/c1-9(2,11)12-8-5-3-4-7(10)6-8/h3-6,12H,11H2,1-2H3. The molecule has 0 saturated heterocycles. The van der Waals surface area contributed by atoms with E-state index in [0.29, 0.717) is 5.69 Å². The van der Waals surface area contributed by atoms with Crippen LogP contribution in [0.15, 0.2) is 24.3 Å². The molecule has 0 spiro atoms. The van der Waals surface area contributed by atoms with E-state index in [-0.39, 0.29) is 5.82 Å². The fraction of sp³-hybridized carbons (Fsp3) is 0.333. The highest BCUT2D eigenvalue weighted by Gasteiger charge is 2.08. The normalized spacial score (nSPS) is 11.3. The molecule has 2 nitrogen and oxygen atoms in total. The van der Waals surface area contributed by atoms with Crippen LogP contribution in [0, 0.1) is 5.82 Å². The highest BCUT2D eigenvalue weighted by Crippen LogP contribution is 2.12. The minimum atomic E-state index is -0.520. The summed E-state index contributed by atoms with van der Waals surface area (Å²) in [5.74, 6) is -0.260. The van der Waals surface area contributed by atoms with Crippen LogP contribution in [0.3, 0.4) is 0 Å². The van der Waals surface area contributed by atoms with Gasteiger partial charge in [0.25, 0.3) is 0 Å². The molecule has 0 unspecified atom stereocenters. The lowest BCUT2D eigenvalue weighted by Crippen LogP contribution is -2.40. The van der Waals surface area contributed by atoms with E-state index in [0.717, 1.165) is 0 Å².